The fourth-order valence-corrected chi connectivity index (χ4v) is 7.05. The van der Waals surface area contributed by atoms with E-state index in [1.54, 1.807) is 24.3 Å². The summed E-state index contributed by atoms with van der Waals surface area (Å²) in [5.41, 5.74) is 1.63. The average molecular weight is 553 g/mol. The van der Waals surface area contributed by atoms with Gasteiger partial charge in [0, 0.05) is 11.5 Å². The number of cyclic esters (lactones) is 1. The molecule has 0 saturated heterocycles. The van der Waals surface area contributed by atoms with Crippen molar-refractivity contribution < 1.29 is 38.4 Å². The van der Waals surface area contributed by atoms with Gasteiger partial charge in [0.05, 0.1) is 39.8 Å². The minimum atomic E-state index is -0.624. The first-order chi connectivity index (χ1) is 19.1. The summed E-state index contributed by atoms with van der Waals surface area (Å²) in [5.74, 6) is 0.878. The summed E-state index contributed by atoms with van der Waals surface area (Å²) in [6.07, 6.45) is 11.4. The van der Waals surface area contributed by atoms with Crippen molar-refractivity contribution in [1.29, 1.82) is 0 Å². The normalized spacial score (nSPS) is 30.8. The number of aliphatic hydroxyl groups excluding tert-OH is 1. The molecule has 3 aliphatic rings. The van der Waals surface area contributed by atoms with Crippen LogP contribution in [0, 0.1) is 22.7 Å². The lowest BCUT2D eigenvalue weighted by molar-refractivity contribution is -0.182. The van der Waals surface area contributed by atoms with Crippen LogP contribution < -0.4 is 14.2 Å². The molecule has 216 valence electrons. The van der Waals surface area contributed by atoms with Crippen LogP contribution in [0.25, 0.3) is 6.08 Å². The highest BCUT2D eigenvalue weighted by molar-refractivity contribution is 5.94. The Bertz CT molecular complexity index is 1220. The van der Waals surface area contributed by atoms with Gasteiger partial charge in [-0.2, -0.15) is 0 Å². The lowest BCUT2D eigenvalue weighted by Crippen LogP contribution is -2.58. The van der Waals surface area contributed by atoms with Gasteiger partial charge in [0.25, 0.3) is 0 Å². The van der Waals surface area contributed by atoms with Crippen molar-refractivity contribution in [3.8, 4) is 17.2 Å². The number of carbonyl (C=O) groups excluding carboxylic acids is 2. The Morgan fingerprint density at radius 3 is 2.42 bits per heavy atom. The fraction of sp³-hybridized carbons (Fsp3) is 0.500. The Labute approximate surface area is 236 Å². The Hall–Kier alpha value is -3.52. The van der Waals surface area contributed by atoms with E-state index in [-0.39, 0.29) is 29.8 Å². The number of ether oxygens (including phenoxy) is 5. The SMILES string of the molecule is C=C1CC[C@@H]2[C@](C)(CO)[C@H](OC(=O)/C=C/c3cc(OC)c(OC)c(OC)c3)CC[C@@]2(C)[C@@H]1C/C=C1\C=COC1=O. The second-order valence-electron chi connectivity index (χ2n) is 11.3. The Morgan fingerprint density at radius 2 is 1.85 bits per heavy atom. The van der Waals surface area contributed by atoms with Gasteiger partial charge in [-0.15, -0.1) is 0 Å². The number of hydrogen-bond acceptors (Lipinski definition) is 8. The van der Waals surface area contributed by atoms with Gasteiger partial charge >= 0.3 is 11.9 Å². The maximum atomic E-state index is 13.0. The first-order valence-corrected chi connectivity index (χ1v) is 13.7. The quantitative estimate of drug-likeness (QED) is 0.247. The van der Waals surface area contributed by atoms with Gasteiger partial charge < -0.3 is 28.8 Å². The summed E-state index contributed by atoms with van der Waals surface area (Å²) in [4.78, 5) is 24.9. The zero-order valence-corrected chi connectivity index (χ0v) is 24.0. The third kappa shape index (κ3) is 5.42. The molecule has 0 aromatic heterocycles. The molecule has 1 aromatic carbocycles. The van der Waals surface area contributed by atoms with E-state index in [1.165, 1.54) is 33.7 Å². The molecule has 0 bridgehead atoms. The van der Waals surface area contributed by atoms with Crippen molar-refractivity contribution in [2.75, 3.05) is 27.9 Å². The van der Waals surface area contributed by atoms with Crippen LogP contribution >= 0.6 is 0 Å². The zero-order valence-electron chi connectivity index (χ0n) is 24.0. The summed E-state index contributed by atoms with van der Waals surface area (Å²) >= 11 is 0. The van der Waals surface area contributed by atoms with Crippen LogP contribution in [0.4, 0.5) is 0 Å². The van der Waals surface area contributed by atoms with Crippen molar-refractivity contribution >= 4 is 18.0 Å². The minimum absolute atomic E-state index is 0.100. The van der Waals surface area contributed by atoms with E-state index in [9.17, 15) is 14.7 Å². The highest BCUT2D eigenvalue weighted by Gasteiger charge is 2.58. The summed E-state index contributed by atoms with van der Waals surface area (Å²) in [6, 6.07) is 3.50. The van der Waals surface area contributed by atoms with Gasteiger partial charge in [-0.3, -0.25) is 0 Å². The average Bonchev–Trinajstić information content (AvgIpc) is 3.36. The van der Waals surface area contributed by atoms with Crippen LogP contribution in [0.3, 0.4) is 0 Å². The van der Waals surface area contributed by atoms with Gasteiger partial charge in [0.15, 0.2) is 11.5 Å². The van der Waals surface area contributed by atoms with E-state index < -0.39 is 17.5 Å². The Balaban J connectivity index is 1.51. The Kier molecular flexibility index (Phi) is 8.78. The predicted molar refractivity (Wildman–Crippen MR) is 151 cm³/mol. The van der Waals surface area contributed by atoms with E-state index >= 15 is 0 Å². The van der Waals surface area contributed by atoms with Crippen LogP contribution in [-0.2, 0) is 19.1 Å². The number of benzene rings is 1. The zero-order chi connectivity index (χ0) is 29.1. The maximum absolute atomic E-state index is 13.0. The van der Waals surface area contributed by atoms with Gasteiger partial charge in [0.2, 0.25) is 5.75 Å². The standard InChI is InChI=1S/C32H40O8/c1-20-7-11-26-31(2,23(20)10-9-22-14-16-39-30(22)35)15-13-27(32(26,3)19-33)40-28(34)12-8-21-17-24(36-4)29(38-6)25(18-21)37-5/h8-9,12,14,16-18,23,26-27,33H,1,7,10-11,13,15,19H2,2-6H3/b12-8+,22-9+/t23-,26+,27-,31+,32+/m1/s1. The van der Waals surface area contributed by atoms with Crippen molar-refractivity contribution in [2.24, 2.45) is 22.7 Å². The largest absolute Gasteiger partial charge is 0.493 e. The molecule has 2 aliphatic carbocycles. The molecule has 0 spiro atoms. The maximum Gasteiger partial charge on any atom is 0.342 e. The van der Waals surface area contributed by atoms with Crippen molar-refractivity contribution in [1.82, 2.24) is 0 Å². The van der Waals surface area contributed by atoms with Gasteiger partial charge in [-0.1, -0.05) is 32.1 Å². The number of rotatable bonds is 9. The molecular formula is C32H40O8. The molecule has 2 saturated carbocycles. The smallest absolute Gasteiger partial charge is 0.342 e. The summed E-state index contributed by atoms with van der Waals surface area (Å²) in [5, 5.41) is 10.7. The number of fused-ring (bicyclic) bond motifs is 1. The number of hydrogen-bond donors (Lipinski definition) is 1. The molecule has 0 radical (unpaired) electrons. The van der Waals surface area contributed by atoms with Crippen LogP contribution in [0.15, 0.2) is 54.3 Å². The topological polar surface area (TPSA) is 101 Å². The predicted octanol–water partition coefficient (Wildman–Crippen LogP) is 5.41. The molecule has 0 amide bonds. The van der Waals surface area contributed by atoms with E-state index in [4.69, 9.17) is 23.7 Å². The van der Waals surface area contributed by atoms with Crippen LogP contribution in [0.1, 0.15) is 51.5 Å². The first kappa shape index (κ1) is 29.5. The van der Waals surface area contributed by atoms with Crippen LogP contribution in [-0.4, -0.2) is 51.1 Å². The molecule has 40 heavy (non-hydrogen) atoms. The molecule has 1 aliphatic heterocycles. The molecule has 1 N–H and O–H groups in total. The number of carbonyl (C=O) groups is 2. The van der Waals surface area contributed by atoms with Crippen molar-refractivity contribution in [2.45, 2.75) is 52.1 Å². The van der Waals surface area contributed by atoms with E-state index in [0.29, 0.717) is 41.2 Å². The van der Waals surface area contributed by atoms with Gasteiger partial charge in [-0.05, 0) is 79.2 Å². The summed E-state index contributed by atoms with van der Waals surface area (Å²) in [6.45, 7) is 8.56. The lowest BCUT2D eigenvalue weighted by Gasteiger charge is -2.60. The third-order valence-electron chi connectivity index (χ3n) is 9.25. The molecule has 8 heteroatoms. The number of aliphatic hydroxyl groups is 1. The molecule has 2 fully saturated rings. The number of methoxy groups -OCH3 is 3. The van der Waals surface area contributed by atoms with Crippen molar-refractivity contribution in [3.05, 3.63) is 59.9 Å². The van der Waals surface area contributed by atoms with Crippen LogP contribution in [0.2, 0.25) is 0 Å². The molecule has 0 unspecified atom stereocenters. The minimum Gasteiger partial charge on any atom is -0.493 e. The Morgan fingerprint density at radius 1 is 1.15 bits per heavy atom. The van der Waals surface area contributed by atoms with Gasteiger partial charge in [-0.25, -0.2) is 9.59 Å². The fourth-order valence-electron chi connectivity index (χ4n) is 7.05. The molecule has 4 rings (SSSR count). The molecule has 5 atom stereocenters. The van der Waals surface area contributed by atoms with E-state index in [0.717, 1.165) is 24.8 Å². The lowest BCUT2D eigenvalue weighted by atomic mass is 9.46. The second kappa shape index (κ2) is 11.9. The number of allylic oxidation sites excluding steroid dienone is 2. The molecule has 1 heterocycles. The summed E-state index contributed by atoms with van der Waals surface area (Å²) in [7, 11) is 4.60. The molecule has 1 aromatic rings. The van der Waals surface area contributed by atoms with E-state index in [1.807, 2.05) is 13.0 Å². The van der Waals surface area contributed by atoms with Crippen molar-refractivity contribution in [3.63, 3.8) is 0 Å². The molecular weight excluding hydrogens is 512 g/mol. The van der Waals surface area contributed by atoms with Crippen LogP contribution in [0.5, 0.6) is 17.2 Å². The summed E-state index contributed by atoms with van der Waals surface area (Å²) < 4.78 is 27.1. The highest BCUT2D eigenvalue weighted by Crippen LogP contribution is 2.62. The monoisotopic (exact) mass is 552 g/mol. The highest BCUT2D eigenvalue weighted by atomic mass is 16.5. The van der Waals surface area contributed by atoms with Gasteiger partial charge in [0.1, 0.15) is 6.10 Å². The number of esters is 2. The second-order valence-corrected chi connectivity index (χ2v) is 11.3. The first-order valence-electron chi connectivity index (χ1n) is 13.7. The molecule has 8 nitrogen and oxygen atoms in total. The van der Waals surface area contributed by atoms with E-state index in [2.05, 4.69) is 13.5 Å². The third-order valence-corrected chi connectivity index (χ3v) is 9.25.